The number of halogens is 2. The highest BCUT2D eigenvalue weighted by molar-refractivity contribution is 5.94. The van der Waals surface area contributed by atoms with Gasteiger partial charge in [-0.15, -0.1) is 0 Å². The molecule has 0 saturated heterocycles. The molecule has 1 heterocycles. The summed E-state index contributed by atoms with van der Waals surface area (Å²) in [6.45, 7) is -0.579. The van der Waals surface area contributed by atoms with Crippen LogP contribution in [0.4, 0.5) is 14.5 Å². The zero-order chi connectivity index (χ0) is 29.1. The van der Waals surface area contributed by atoms with E-state index in [0.29, 0.717) is 22.8 Å². The SMILES string of the molecule is O=C(Nc1ccc(C2CC2)cc1F)[C@H](Cc1ccc(F)cc1)n1c(O)c(-c2ccc(OC[C@@H](O)CO)cc2)[nH]c1=O. The number of benzene rings is 3. The number of imidazole rings is 1. The third-order valence-electron chi connectivity index (χ3n) is 6.96. The lowest BCUT2D eigenvalue weighted by Gasteiger charge is -2.19. The number of nitrogens with zero attached hydrogens (tertiary/aromatic N) is 1. The zero-order valence-electron chi connectivity index (χ0n) is 21.9. The molecule has 5 rings (SSSR count). The number of hydrogen-bond donors (Lipinski definition) is 5. The summed E-state index contributed by atoms with van der Waals surface area (Å²) < 4.78 is 34.7. The average molecular weight is 566 g/mol. The first-order chi connectivity index (χ1) is 19.7. The fourth-order valence-corrected chi connectivity index (χ4v) is 4.56. The molecular formula is C30H29F2N3O6. The Hall–Kier alpha value is -4.48. The molecule has 1 aliphatic carbocycles. The van der Waals surface area contributed by atoms with Gasteiger partial charge >= 0.3 is 5.69 Å². The number of carbonyl (C=O) groups is 1. The van der Waals surface area contributed by atoms with E-state index in [0.717, 1.165) is 23.0 Å². The fourth-order valence-electron chi connectivity index (χ4n) is 4.56. The number of aliphatic hydroxyl groups is 2. The highest BCUT2D eigenvalue weighted by Crippen LogP contribution is 2.41. The van der Waals surface area contributed by atoms with Crippen LogP contribution >= 0.6 is 0 Å². The van der Waals surface area contributed by atoms with Gasteiger partial charge in [0.1, 0.15) is 41.8 Å². The van der Waals surface area contributed by atoms with Crippen molar-refractivity contribution in [3.8, 4) is 22.9 Å². The second-order valence-corrected chi connectivity index (χ2v) is 10.0. The molecule has 1 amide bonds. The van der Waals surface area contributed by atoms with E-state index in [-0.39, 0.29) is 24.4 Å². The summed E-state index contributed by atoms with van der Waals surface area (Å²) in [7, 11) is 0. The van der Waals surface area contributed by atoms with Crippen molar-refractivity contribution >= 4 is 11.6 Å². The van der Waals surface area contributed by atoms with Gasteiger partial charge in [-0.2, -0.15) is 0 Å². The summed E-state index contributed by atoms with van der Waals surface area (Å²) in [6.07, 6.45) is 0.841. The highest BCUT2D eigenvalue weighted by atomic mass is 19.1. The maximum atomic E-state index is 14.9. The van der Waals surface area contributed by atoms with Crippen molar-refractivity contribution < 1.29 is 33.6 Å². The van der Waals surface area contributed by atoms with Crippen molar-refractivity contribution in [2.75, 3.05) is 18.5 Å². The smallest absolute Gasteiger partial charge is 0.329 e. The van der Waals surface area contributed by atoms with E-state index in [9.17, 15) is 28.6 Å². The lowest BCUT2D eigenvalue weighted by molar-refractivity contribution is -0.119. The molecule has 11 heteroatoms. The molecule has 4 aromatic rings. The van der Waals surface area contributed by atoms with Crippen molar-refractivity contribution in [2.45, 2.75) is 37.3 Å². The standard InChI is InChI=1S/C30H29F2N3O6/c31-21-8-1-17(2-9-21)13-26(28(38)33-25-12-7-20(14-24(25)32)18-3-4-18)35-29(39)27(34-30(35)40)19-5-10-23(11-6-19)41-16-22(37)15-36/h1-2,5-12,14,18,22,26,36-37,39H,3-4,13,15-16H2,(H,33,38)(H,34,40)/t22-,26-/m0/s1. The minimum atomic E-state index is -1.32. The summed E-state index contributed by atoms with van der Waals surface area (Å²) in [6, 6.07) is 14.9. The number of aromatic amines is 1. The molecule has 1 fully saturated rings. The summed E-state index contributed by atoms with van der Waals surface area (Å²) in [5.41, 5.74) is 0.958. The van der Waals surface area contributed by atoms with Gasteiger partial charge in [0.25, 0.3) is 0 Å². The summed E-state index contributed by atoms with van der Waals surface area (Å²) >= 11 is 0. The molecule has 5 N–H and O–H groups in total. The van der Waals surface area contributed by atoms with E-state index in [1.807, 2.05) is 0 Å². The first kappa shape index (κ1) is 28.1. The van der Waals surface area contributed by atoms with Crippen LogP contribution < -0.4 is 15.7 Å². The molecule has 214 valence electrons. The first-order valence-corrected chi connectivity index (χ1v) is 13.1. The average Bonchev–Trinajstić information content (AvgIpc) is 3.78. The van der Waals surface area contributed by atoms with Crippen LogP contribution in [-0.4, -0.2) is 50.1 Å². The van der Waals surface area contributed by atoms with Crippen LogP contribution in [0.3, 0.4) is 0 Å². The monoisotopic (exact) mass is 565 g/mol. The van der Waals surface area contributed by atoms with Crippen LogP contribution in [0.2, 0.25) is 0 Å². The number of rotatable bonds is 11. The summed E-state index contributed by atoms with van der Waals surface area (Å²) in [4.78, 5) is 29.2. The van der Waals surface area contributed by atoms with Crippen molar-refractivity contribution in [3.63, 3.8) is 0 Å². The molecule has 1 saturated carbocycles. The fraction of sp³-hybridized carbons (Fsp3) is 0.267. The van der Waals surface area contributed by atoms with Gasteiger partial charge in [0.2, 0.25) is 11.8 Å². The van der Waals surface area contributed by atoms with E-state index in [2.05, 4.69) is 10.3 Å². The maximum Gasteiger partial charge on any atom is 0.329 e. The van der Waals surface area contributed by atoms with Gasteiger partial charge in [0, 0.05) is 12.0 Å². The Morgan fingerprint density at radius 3 is 2.41 bits per heavy atom. The Bertz CT molecular complexity index is 1580. The number of aromatic hydroxyl groups is 1. The first-order valence-electron chi connectivity index (χ1n) is 13.1. The van der Waals surface area contributed by atoms with Crippen molar-refractivity contribution in [1.29, 1.82) is 0 Å². The summed E-state index contributed by atoms with van der Waals surface area (Å²) in [5, 5.41) is 32.1. The number of nitrogens with one attached hydrogen (secondary N) is 2. The van der Waals surface area contributed by atoms with Gasteiger partial charge in [-0.05, 0) is 78.4 Å². The largest absolute Gasteiger partial charge is 0.493 e. The number of amides is 1. The number of anilines is 1. The Labute approximate surface area is 233 Å². The normalized spacial score (nSPS) is 14.4. The van der Waals surface area contributed by atoms with Gasteiger partial charge in [-0.1, -0.05) is 18.2 Å². The lowest BCUT2D eigenvalue weighted by Crippen LogP contribution is -2.33. The molecule has 1 aliphatic rings. The van der Waals surface area contributed by atoms with E-state index >= 15 is 0 Å². The predicted molar refractivity (Wildman–Crippen MR) is 147 cm³/mol. The Morgan fingerprint density at radius 2 is 1.78 bits per heavy atom. The van der Waals surface area contributed by atoms with Crippen LogP contribution in [0, 0.1) is 11.6 Å². The molecule has 41 heavy (non-hydrogen) atoms. The molecule has 0 aliphatic heterocycles. The number of carbonyl (C=O) groups excluding carboxylic acids is 1. The van der Waals surface area contributed by atoms with Crippen molar-refractivity contribution in [1.82, 2.24) is 9.55 Å². The van der Waals surface area contributed by atoms with Crippen LogP contribution in [0.25, 0.3) is 11.3 Å². The topological polar surface area (TPSA) is 137 Å². The molecule has 0 bridgehead atoms. The third-order valence-corrected chi connectivity index (χ3v) is 6.96. The molecule has 3 aromatic carbocycles. The molecule has 0 spiro atoms. The molecule has 1 aromatic heterocycles. The Kier molecular flexibility index (Phi) is 8.18. The van der Waals surface area contributed by atoms with E-state index < -0.39 is 47.9 Å². The minimum absolute atomic E-state index is 0.0359. The van der Waals surface area contributed by atoms with Gasteiger partial charge in [0.15, 0.2) is 0 Å². The van der Waals surface area contributed by atoms with Crippen LogP contribution in [0.15, 0.2) is 71.5 Å². The lowest BCUT2D eigenvalue weighted by atomic mass is 10.0. The van der Waals surface area contributed by atoms with Crippen LogP contribution in [0.5, 0.6) is 11.6 Å². The van der Waals surface area contributed by atoms with E-state index in [1.54, 1.807) is 30.3 Å². The Balaban J connectivity index is 1.44. The molecule has 0 radical (unpaired) electrons. The quantitative estimate of drug-likeness (QED) is 0.187. The maximum absolute atomic E-state index is 14.9. The summed E-state index contributed by atoms with van der Waals surface area (Å²) in [5.74, 6) is -1.65. The zero-order valence-corrected chi connectivity index (χ0v) is 21.9. The van der Waals surface area contributed by atoms with Crippen molar-refractivity contribution in [2.24, 2.45) is 0 Å². The number of ether oxygens (including phenoxy) is 1. The minimum Gasteiger partial charge on any atom is -0.493 e. The number of H-pyrrole nitrogens is 1. The van der Waals surface area contributed by atoms with Crippen LogP contribution in [-0.2, 0) is 11.2 Å². The van der Waals surface area contributed by atoms with Gasteiger partial charge in [-0.3, -0.25) is 4.79 Å². The van der Waals surface area contributed by atoms with Crippen molar-refractivity contribution in [3.05, 3.63) is 100.0 Å². The molecule has 2 atom stereocenters. The molecular weight excluding hydrogens is 536 g/mol. The second kappa shape index (κ2) is 11.9. The Morgan fingerprint density at radius 1 is 1.07 bits per heavy atom. The predicted octanol–water partition coefficient (Wildman–Crippen LogP) is 3.86. The number of aliphatic hydroxyl groups excluding tert-OH is 2. The second-order valence-electron chi connectivity index (χ2n) is 10.0. The number of hydrogen-bond acceptors (Lipinski definition) is 6. The van der Waals surface area contributed by atoms with Gasteiger partial charge in [0.05, 0.1) is 12.3 Å². The third kappa shape index (κ3) is 6.47. The van der Waals surface area contributed by atoms with E-state index in [4.69, 9.17) is 9.84 Å². The van der Waals surface area contributed by atoms with E-state index in [1.165, 1.54) is 36.4 Å². The van der Waals surface area contributed by atoms with Crippen LogP contribution in [0.1, 0.15) is 35.9 Å². The molecule has 0 unspecified atom stereocenters. The number of aromatic nitrogens is 2. The van der Waals surface area contributed by atoms with Gasteiger partial charge < -0.3 is 30.4 Å². The molecule has 9 nitrogen and oxygen atoms in total. The highest BCUT2D eigenvalue weighted by Gasteiger charge is 2.29. The van der Waals surface area contributed by atoms with Gasteiger partial charge in [-0.25, -0.2) is 18.1 Å².